The summed E-state index contributed by atoms with van der Waals surface area (Å²) in [7, 11) is 2.59. The van der Waals surface area contributed by atoms with Crippen molar-refractivity contribution in [3.8, 4) is 0 Å². The van der Waals surface area contributed by atoms with Crippen molar-refractivity contribution in [1.82, 2.24) is 5.32 Å². The number of nitrogens with one attached hydrogen (secondary N) is 1. The van der Waals surface area contributed by atoms with Crippen molar-refractivity contribution in [3.63, 3.8) is 0 Å². The molecule has 3 rings (SSSR count). The molecule has 150 valence electrons. The molecule has 1 aromatic heterocycles. The zero-order chi connectivity index (χ0) is 21.1. The summed E-state index contributed by atoms with van der Waals surface area (Å²) in [6.45, 7) is 3.50. The summed E-state index contributed by atoms with van der Waals surface area (Å²) >= 11 is 1.25. The first-order valence-electron chi connectivity index (χ1n) is 8.93. The van der Waals surface area contributed by atoms with Crippen LogP contribution in [0.15, 0.2) is 65.0 Å². The number of esters is 2. The van der Waals surface area contributed by atoms with E-state index in [1.165, 1.54) is 25.6 Å². The van der Waals surface area contributed by atoms with Gasteiger partial charge in [-0.3, -0.25) is 4.79 Å². The van der Waals surface area contributed by atoms with E-state index in [9.17, 15) is 14.4 Å². The predicted molar refractivity (Wildman–Crippen MR) is 110 cm³/mol. The molecule has 1 aliphatic heterocycles. The SMILES string of the molecule is COC(=O)C1=C(C)NC(C)=C(C(=O)OC)C1c1ccc(C(=O)c2ccccc2)s1. The summed E-state index contributed by atoms with van der Waals surface area (Å²) in [6, 6.07) is 12.4. The Hall–Kier alpha value is -3.19. The van der Waals surface area contributed by atoms with Gasteiger partial charge in [-0.25, -0.2) is 9.59 Å². The van der Waals surface area contributed by atoms with Gasteiger partial charge < -0.3 is 14.8 Å². The number of dihydropyridines is 1. The topological polar surface area (TPSA) is 81.7 Å². The van der Waals surface area contributed by atoms with Crippen molar-refractivity contribution in [2.45, 2.75) is 19.8 Å². The number of benzene rings is 1. The molecule has 0 saturated heterocycles. The van der Waals surface area contributed by atoms with Crippen LogP contribution >= 0.6 is 11.3 Å². The number of carbonyl (C=O) groups is 3. The maximum atomic E-state index is 12.8. The van der Waals surface area contributed by atoms with Gasteiger partial charge in [-0.15, -0.1) is 11.3 Å². The van der Waals surface area contributed by atoms with Crippen molar-refractivity contribution < 1.29 is 23.9 Å². The minimum Gasteiger partial charge on any atom is -0.466 e. The summed E-state index contributed by atoms with van der Waals surface area (Å²) in [6.07, 6.45) is 0. The van der Waals surface area contributed by atoms with Crippen molar-refractivity contribution >= 4 is 29.1 Å². The van der Waals surface area contributed by atoms with E-state index in [0.717, 1.165) is 0 Å². The van der Waals surface area contributed by atoms with Crippen LogP contribution in [0.4, 0.5) is 0 Å². The monoisotopic (exact) mass is 411 g/mol. The normalized spacial score (nSPS) is 14.5. The van der Waals surface area contributed by atoms with Crippen LogP contribution in [0, 0.1) is 0 Å². The lowest BCUT2D eigenvalue weighted by molar-refractivity contribution is -0.137. The van der Waals surface area contributed by atoms with Gasteiger partial charge in [0.15, 0.2) is 0 Å². The fraction of sp³-hybridized carbons (Fsp3) is 0.227. The minimum atomic E-state index is -0.682. The van der Waals surface area contributed by atoms with E-state index in [4.69, 9.17) is 9.47 Å². The molecule has 7 heteroatoms. The fourth-order valence-electron chi connectivity index (χ4n) is 3.40. The van der Waals surface area contributed by atoms with Gasteiger partial charge >= 0.3 is 11.9 Å². The van der Waals surface area contributed by atoms with Crippen LogP contribution in [0.1, 0.15) is 39.9 Å². The van der Waals surface area contributed by atoms with Gasteiger partial charge in [0.2, 0.25) is 5.78 Å². The molecule has 0 radical (unpaired) electrons. The lowest BCUT2D eigenvalue weighted by Gasteiger charge is -2.29. The molecule has 2 aromatic rings. The third-order valence-electron chi connectivity index (χ3n) is 4.74. The molecule has 0 bridgehead atoms. The van der Waals surface area contributed by atoms with E-state index < -0.39 is 17.9 Å². The van der Waals surface area contributed by atoms with Gasteiger partial charge in [-0.05, 0) is 26.0 Å². The predicted octanol–water partition coefficient (Wildman–Crippen LogP) is 3.56. The second-order valence-electron chi connectivity index (χ2n) is 6.52. The second-order valence-corrected chi connectivity index (χ2v) is 7.63. The number of ether oxygens (including phenoxy) is 2. The average molecular weight is 411 g/mol. The van der Waals surface area contributed by atoms with Crippen molar-refractivity contribution in [2.75, 3.05) is 14.2 Å². The molecule has 0 fully saturated rings. The van der Waals surface area contributed by atoms with E-state index in [0.29, 0.717) is 37.9 Å². The molecule has 6 nitrogen and oxygen atoms in total. The second kappa shape index (κ2) is 8.45. The number of methoxy groups -OCH3 is 2. The third-order valence-corrected chi connectivity index (χ3v) is 5.89. The van der Waals surface area contributed by atoms with Crippen LogP contribution in [-0.2, 0) is 19.1 Å². The number of thiophene rings is 1. The van der Waals surface area contributed by atoms with Crippen LogP contribution in [-0.4, -0.2) is 31.9 Å². The number of allylic oxidation sites excluding steroid dienone is 2. The van der Waals surface area contributed by atoms with Crippen molar-refractivity contribution in [3.05, 3.63) is 80.3 Å². The molecule has 29 heavy (non-hydrogen) atoms. The Balaban J connectivity index is 2.10. The van der Waals surface area contributed by atoms with E-state index in [-0.39, 0.29) is 5.78 Å². The largest absolute Gasteiger partial charge is 0.466 e. The van der Waals surface area contributed by atoms with E-state index >= 15 is 0 Å². The highest BCUT2D eigenvalue weighted by Crippen LogP contribution is 2.42. The fourth-order valence-corrected chi connectivity index (χ4v) is 4.49. The lowest BCUT2D eigenvalue weighted by atomic mass is 9.84. The Morgan fingerprint density at radius 2 is 1.41 bits per heavy atom. The molecule has 0 atom stereocenters. The summed E-state index contributed by atoms with van der Waals surface area (Å²) < 4.78 is 9.92. The molecule has 0 saturated carbocycles. The first-order chi connectivity index (χ1) is 13.9. The van der Waals surface area contributed by atoms with Gasteiger partial charge in [-0.2, -0.15) is 0 Å². The maximum absolute atomic E-state index is 12.8. The zero-order valence-electron chi connectivity index (χ0n) is 16.6. The number of carbonyl (C=O) groups excluding carboxylic acids is 3. The summed E-state index contributed by atoms with van der Waals surface area (Å²) in [4.78, 5) is 39.1. The standard InChI is InChI=1S/C22H21NO5S/c1-12-17(21(25)27-3)19(18(13(2)23-12)22(26)28-4)15-10-11-16(29-15)20(24)14-8-6-5-7-9-14/h5-11,19,23H,1-4H3. The van der Waals surface area contributed by atoms with Gasteiger partial charge in [-0.1, -0.05) is 30.3 Å². The number of rotatable bonds is 5. The molecule has 0 amide bonds. The Kier molecular flexibility index (Phi) is 5.98. The Bertz CT molecular complexity index is 994. The van der Waals surface area contributed by atoms with Crippen molar-refractivity contribution in [1.29, 1.82) is 0 Å². The van der Waals surface area contributed by atoms with Crippen LogP contribution in [0.25, 0.3) is 0 Å². The quantitative estimate of drug-likeness (QED) is 0.599. The van der Waals surface area contributed by atoms with E-state index in [2.05, 4.69) is 5.32 Å². The molecule has 2 heterocycles. The van der Waals surface area contributed by atoms with E-state index in [1.807, 2.05) is 6.07 Å². The number of hydrogen-bond acceptors (Lipinski definition) is 7. The zero-order valence-corrected chi connectivity index (χ0v) is 17.4. The lowest BCUT2D eigenvalue weighted by Crippen LogP contribution is -2.31. The molecule has 0 spiro atoms. The first kappa shape index (κ1) is 20.5. The number of hydrogen-bond donors (Lipinski definition) is 1. The van der Waals surface area contributed by atoms with E-state index in [1.54, 1.807) is 50.2 Å². The minimum absolute atomic E-state index is 0.114. The Morgan fingerprint density at radius 1 is 0.862 bits per heavy atom. The molecule has 1 aromatic carbocycles. The highest BCUT2D eigenvalue weighted by Gasteiger charge is 2.38. The van der Waals surface area contributed by atoms with Crippen LogP contribution in [0.5, 0.6) is 0 Å². The highest BCUT2D eigenvalue weighted by atomic mass is 32.1. The maximum Gasteiger partial charge on any atom is 0.336 e. The average Bonchev–Trinajstić information content (AvgIpc) is 3.22. The Labute approximate surface area is 172 Å². The Morgan fingerprint density at radius 3 is 1.93 bits per heavy atom. The van der Waals surface area contributed by atoms with Crippen LogP contribution in [0.2, 0.25) is 0 Å². The van der Waals surface area contributed by atoms with Gasteiger partial charge in [0.1, 0.15) is 0 Å². The first-order valence-corrected chi connectivity index (χ1v) is 9.75. The van der Waals surface area contributed by atoms with Crippen LogP contribution < -0.4 is 5.32 Å². The van der Waals surface area contributed by atoms with Crippen molar-refractivity contribution in [2.24, 2.45) is 0 Å². The molecule has 0 aliphatic carbocycles. The van der Waals surface area contributed by atoms with Gasteiger partial charge in [0, 0.05) is 21.8 Å². The van der Waals surface area contributed by atoms with Gasteiger partial charge in [0.25, 0.3) is 0 Å². The molecule has 0 unspecified atom stereocenters. The summed E-state index contributed by atoms with van der Waals surface area (Å²) in [5.74, 6) is -1.88. The van der Waals surface area contributed by atoms with Gasteiger partial charge in [0.05, 0.1) is 36.2 Å². The smallest absolute Gasteiger partial charge is 0.336 e. The summed E-state index contributed by atoms with van der Waals surface area (Å²) in [5.41, 5.74) is 2.40. The summed E-state index contributed by atoms with van der Waals surface area (Å²) in [5, 5.41) is 3.06. The molecular formula is C22H21NO5S. The molecular weight excluding hydrogens is 390 g/mol. The molecule has 1 N–H and O–H groups in total. The van der Waals surface area contributed by atoms with Crippen LogP contribution in [0.3, 0.4) is 0 Å². The number of ketones is 1. The molecule has 1 aliphatic rings. The highest BCUT2D eigenvalue weighted by molar-refractivity contribution is 7.14. The third kappa shape index (κ3) is 3.86.